The van der Waals surface area contributed by atoms with E-state index in [1.54, 1.807) is 48.5 Å². The highest BCUT2D eigenvalue weighted by Gasteiger charge is 2.10. The standard InChI is InChI=1S/C21H24N2O6/c1-3-22-21(26)15-6-5-7-16(12-15)23-19(24)13-29-20(25)14-28-18-10-8-17(9-11-18)27-4-2/h5-12H,3-4,13-14H2,1-2H3,(H,22,26)(H,23,24). The SMILES string of the molecule is CCNC(=O)c1cccc(NC(=O)COC(=O)COc2ccc(OCC)cc2)c1. The molecule has 0 saturated heterocycles. The normalized spacial score (nSPS) is 10.0. The topological polar surface area (TPSA) is 103 Å². The molecule has 2 rings (SSSR count). The lowest BCUT2D eigenvalue weighted by Gasteiger charge is -2.09. The summed E-state index contributed by atoms with van der Waals surface area (Å²) >= 11 is 0. The molecule has 0 spiro atoms. The maximum atomic E-state index is 12.0. The third-order valence-electron chi connectivity index (χ3n) is 3.60. The smallest absolute Gasteiger partial charge is 0.344 e. The molecule has 0 aliphatic rings. The van der Waals surface area contributed by atoms with Gasteiger partial charge in [-0.05, 0) is 56.3 Å². The molecule has 0 heterocycles. The Morgan fingerprint density at radius 1 is 0.897 bits per heavy atom. The van der Waals surface area contributed by atoms with Crippen molar-refractivity contribution in [3.8, 4) is 11.5 Å². The van der Waals surface area contributed by atoms with Crippen LogP contribution in [0, 0.1) is 0 Å². The first-order valence-corrected chi connectivity index (χ1v) is 9.21. The Balaban J connectivity index is 1.75. The van der Waals surface area contributed by atoms with Crippen LogP contribution in [0.5, 0.6) is 11.5 Å². The second-order valence-electron chi connectivity index (χ2n) is 5.84. The molecule has 0 bridgehead atoms. The molecule has 2 N–H and O–H groups in total. The van der Waals surface area contributed by atoms with Gasteiger partial charge in [0.1, 0.15) is 11.5 Å². The Hall–Kier alpha value is -3.55. The van der Waals surface area contributed by atoms with E-state index in [0.29, 0.717) is 35.9 Å². The number of amides is 2. The van der Waals surface area contributed by atoms with Crippen LogP contribution < -0.4 is 20.1 Å². The fourth-order valence-corrected chi connectivity index (χ4v) is 2.33. The summed E-state index contributed by atoms with van der Waals surface area (Å²) in [4.78, 5) is 35.5. The summed E-state index contributed by atoms with van der Waals surface area (Å²) in [5, 5.41) is 5.25. The molecule has 0 unspecified atom stereocenters. The van der Waals surface area contributed by atoms with Crippen LogP contribution >= 0.6 is 0 Å². The van der Waals surface area contributed by atoms with Crippen LogP contribution in [0.2, 0.25) is 0 Å². The van der Waals surface area contributed by atoms with E-state index in [9.17, 15) is 14.4 Å². The summed E-state index contributed by atoms with van der Waals surface area (Å²) in [5.74, 6) is -0.244. The molecule has 8 heteroatoms. The van der Waals surface area contributed by atoms with Crippen LogP contribution in [0.3, 0.4) is 0 Å². The van der Waals surface area contributed by atoms with Crippen LogP contribution in [0.15, 0.2) is 48.5 Å². The Bertz CT molecular complexity index is 835. The average Bonchev–Trinajstić information content (AvgIpc) is 2.72. The summed E-state index contributed by atoms with van der Waals surface area (Å²) in [5.41, 5.74) is 0.853. The second kappa shape index (κ2) is 11.3. The van der Waals surface area contributed by atoms with E-state index in [-0.39, 0.29) is 12.5 Å². The summed E-state index contributed by atoms with van der Waals surface area (Å²) in [6.07, 6.45) is 0. The number of carbonyl (C=O) groups excluding carboxylic acids is 3. The Morgan fingerprint density at radius 2 is 1.59 bits per heavy atom. The van der Waals surface area contributed by atoms with Crippen molar-refractivity contribution >= 4 is 23.5 Å². The van der Waals surface area contributed by atoms with E-state index in [1.807, 2.05) is 13.8 Å². The first kappa shape index (κ1) is 21.7. The highest BCUT2D eigenvalue weighted by Crippen LogP contribution is 2.17. The molecule has 0 aliphatic carbocycles. The van der Waals surface area contributed by atoms with Crippen molar-refractivity contribution in [1.29, 1.82) is 0 Å². The number of esters is 1. The molecule has 8 nitrogen and oxygen atoms in total. The fraction of sp³-hybridized carbons (Fsp3) is 0.286. The van der Waals surface area contributed by atoms with E-state index in [1.165, 1.54) is 0 Å². The van der Waals surface area contributed by atoms with Crippen LogP contribution in [0.1, 0.15) is 24.2 Å². The van der Waals surface area contributed by atoms with Crippen molar-refractivity contribution in [2.45, 2.75) is 13.8 Å². The number of anilines is 1. The van der Waals surface area contributed by atoms with Crippen molar-refractivity contribution in [2.75, 3.05) is 31.7 Å². The molecule has 0 fully saturated rings. The molecule has 0 aliphatic heterocycles. The third-order valence-corrected chi connectivity index (χ3v) is 3.60. The Morgan fingerprint density at radius 3 is 2.24 bits per heavy atom. The Labute approximate surface area is 169 Å². The average molecular weight is 400 g/mol. The predicted molar refractivity (Wildman–Crippen MR) is 107 cm³/mol. The zero-order chi connectivity index (χ0) is 21.1. The third kappa shape index (κ3) is 7.53. The summed E-state index contributed by atoms with van der Waals surface area (Å²) in [6, 6.07) is 13.3. The van der Waals surface area contributed by atoms with E-state index in [4.69, 9.17) is 14.2 Å². The number of nitrogens with one attached hydrogen (secondary N) is 2. The molecule has 0 atom stereocenters. The highest BCUT2D eigenvalue weighted by atomic mass is 16.6. The van der Waals surface area contributed by atoms with E-state index >= 15 is 0 Å². The quantitative estimate of drug-likeness (QED) is 0.594. The van der Waals surface area contributed by atoms with Gasteiger partial charge in [0.25, 0.3) is 11.8 Å². The predicted octanol–water partition coefficient (Wildman–Crippen LogP) is 2.40. The van der Waals surface area contributed by atoms with Crippen molar-refractivity contribution in [2.24, 2.45) is 0 Å². The molecule has 2 aromatic rings. The van der Waals surface area contributed by atoms with Gasteiger partial charge in [-0.1, -0.05) is 6.07 Å². The summed E-state index contributed by atoms with van der Waals surface area (Å²) in [7, 11) is 0. The van der Waals surface area contributed by atoms with Gasteiger partial charge < -0.3 is 24.8 Å². The van der Waals surface area contributed by atoms with Crippen LogP contribution in [-0.4, -0.2) is 44.1 Å². The van der Waals surface area contributed by atoms with Gasteiger partial charge in [-0.2, -0.15) is 0 Å². The van der Waals surface area contributed by atoms with Crippen LogP contribution in [0.25, 0.3) is 0 Å². The summed E-state index contributed by atoms with van der Waals surface area (Å²) in [6.45, 7) is 3.98. The molecular formula is C21H24N2O6. The number of hydrogen-bond acceptors (Lipinski definition) is 6. The largest absolute Gasteiger partial charge is 0.494 e. The zero-order valence-electron chi connectivity index (χ0n) is 16.4. The minimum absolute atomic E-state index is 0.235. The van der Waals surface area contributed by atoms with Gasteiger partial charge in [-0.3, -0.25) is 9.59 Å². The van der Waals surface area contributed by atoms with Crippen molar-refractivity contribution in [3.63, 3.8) is 0 Å². The highest BCUT2D eigenvalue weighted by molar-refractivity contribution is 5.97. The van der Waals surface area contributed by atoms with Gasteiger partial charge in [-0.15, -0.1) is 0 Å². The second-order valence-corrected chi connectivity index (χ2v) is 5.84. The maximum absolute atomic E-state index is 12.0. The van der Waals surface area contributed by atoms with Gasteiger partial charge in [0.2, 0.25) is 0 Å². The van der Waals surface area contributed by atoms with E-state index in [2.05, 4.69) is 10.6 Å². The lowest BCUT2D eigenvalue weighted by Crippen LogP contribution is -2.24. The van der Waals surface area contributed by atoms with Gasteiger partial charge >= 0.3 is 5.97 Å². The molecule has 0 saturated carbocycles. The molecule has 2 aromatic carbocycles. The Kier molecular flexibility index (Phi) is 8.50. The number of benzene rings is 2. The van der Waals surface area contributed by atoms with Gasteiger partial charge in [0.05, 0.1) is 6.61 Å². The lowest BCUT2D eigenvalue weighted by molar-refractivity contribution is -0.149. The van der Waals surface area contributed by atoms with Gasteiger partial charge in [0, 0.05) is 17.8 Å². The van der Waals surface area contributed by atoms with Gasteiger partial charge in [0.15, 0.2) is 13.2 Å². The number of ether oxygens (including phenoxy) is 3. The van der Waals surface area contributed by atoms with Gasteiger partial charge in [-0.25, -0.2) is 4.79 Å². The minimum Gasteiger partial charge on any atom is -0.494 e. The lowest BCUT2D eigenvalue weighted by atomic mass is 10.2. The van der Waals surface area contributed by atoms with Crippen LogP contribution in [-0.2, 0) is 14.3 Å². The number of rotatable bonds is 10. The first-order valence-electron chi connectivity index (χ1n) is 9.21. The first-order chi connectivity index (χ1) is 14.0. The zero-order valence-corrected chi connectivity index (χ0v) is 16.4. The molecule has 154 valence electrons. The minimum atomic E-state index is -0.676. The van der Waals surface area contributed by atoms with Crippen molar-refractivity contribution in [1.82, 2.24) is 5.32 Å². The maximum Gasteiger partial charge on any atom is 0.344 e. The van der Waals surface area contributed by atoms with Crippen molar-refractivity contribution in [3.05, 3.63) is 54.1 Å². The monoisotopic (exact) mass is 400 g/mol. The fourth-order valence-electron chi connectivity index (χ4n) is 2.33. The number of hydrogen-bond donors (Lipinski definition) is 2. The molecule has 0 aromatic heterocycles. The van der Waals surface area contributed by atoms with E-state index < -0.39 is 18.5 Å². The molecule has 2 amide bonds. The van der Waals surface area contributed by atoms with Crippen LogP contribution in [0.4, 0.5) is 5.69 Å². The molecule has 0 radical (unpaired) electrons. The summed E-state index contributed by atoms with van der Waals surface area (Å²) < 4.78 is 15.5. The number of carbonyl (C=O) groups is 3. The molecular weight excluding hydrogens is 376 g/mol. The van der Waals surface area contributed by atoms with Crippen molar-refractivity contribution < 1.29 is 28.6 Å². The molecule has 29 heavy (non-hydrogen) atoms. The van der Waals surface area contributed by atoms with E-state index in [0.717, 1.165) is 0 Å².